The first-order valence-corrected chi connectivity index (χ1v) is 6.78. The first kappa shape index (κ1) is 15.1. The minimum atomic E-state index is -0.158. The van der Waals surface area contributed by atoms with Crippen LogP contribution in [0.4, 0.5) is 5.69 Å². The van der Waals surface area contributed by atoms with E-state index >= 15 is 0 Å². The maximum absolute atomic E-state index is 12.3. The average molecular weight is 287 g/mol. The molecule has 2 rings (SSSR count). The molecule has 0 bridgehead atoms. The van der Waals surface area contributed by atoms with Gasteiger partial charge in [0.05, 0.1) is 16.9 Å². The monoisotopic (exact) mass is 287 g/mol. The highest BCUT2D eigenvalue weighted by Crippen LogP contribution is 2.17. The van der Waals surface area contributed by atoms with Gasteiger partial charge in [0.15, 0.2) is 0 Å². The molecule has 0 aliphatic carbocycles. The summed E-state index contributed by atoms with van der Waals surface area (Å²) in [6, 6.07) is 5.51. The van der Waals surface area contributed by atoms with Crippen molar-refractivity contribution < 1.29 is 4.79 Å². The van der Waals surface area contributed by atoms with Crippen molar-refractivity contribution in [2.45, 2.75) is 27.3 Å². The number of rotatable bonds is 4. The molecule has 112 valence electrons. The minimum absolute atomic E-state index is 0.158. The lowest BCUT2D eigenvalue weighted by molar-refractivity contribution is 0.0951. The number of carbonyl (C=O) groups excluding carboxylic acids is 1. The molecule has 0 unspecified atom stereocenters. The lowest BCUT2D eigenvalue weighted by atomic mass is 10.1. The van der Waals surface area contributed by atoms with E-state index in [1.54, 1.807) is 6.07 Å². The van der Waals surface area contributed by atoms with Gasteiger partial charge in [-0.1, -0.05) is 11.6 Å². The van der Waals surface area contributed by atoms with Crippen LogP contribution < -0.4 is 16.6 Å². The summed E-state index contributed by atoms with van der Waals surface area (Å²) in [5, 5.41) is 7.27. The number of hydrogen-bond acceptors (Lipinski definition) is 4. The molecule has 2 aromatic rings. The third-order valence-corrected chi connectivity index (χ3v) is 3.66. The summed E-state index contributed by atoms with van der Waals surface area (Å²) in [7, 11) is 1.89. The van der Waals surface area contributed by atoms with Gasteiger partial charge in [0.2, 0.25) is 0 Å². The second-order valence-corrected chi connectivity index (χ2v) is 5.15. The number of aryl methyl sites for hydroxylation is 3. The van der Waals surface area contributed by atoms with E-state index in [1.165, 1.54) is 0 Å². The number of nitrogens with zero attached hydrogens (tertiary/aromatic N) is 2. The predicted octanol–water partition coefficient (Wildman–Crippen LogP) is 1.56. The van der Waals surface area contributed by atoms with Gasteiger partial charge in [-0.2, -0.15) is 5.10 Å². The van der Waals surface area contributed by atoms with Gasteiger partial charge in [-0.15, -0.1) is 0 Å². The molecule has 0 fully saturated rings. The largest absolute Gasteiger partial charge is 0.348 e. The smallest absolute Gasteiger partial charge is 0.253 e. The molecule has 1 aromatic heterocycles. The van der Waals surface area contributed by atoms with Gasteiger partial charge in [0.1, 0.15) is 0 Å². The van der Waals surface area contributed by atoms with Gasteiger partial charge in [-0.05, 0) is 32.9 Å². The van der Waals surface area contributed by atoms with E-state index < -0.39 is 0 Å². The Morgan fingerprint density at radius 3 is 2.62 bits per heavy atom. The van der Waals surface area contributed by atoms with Gasteiger partial charge in [0.25, 0.3) is 5.91 Å². The number of nitrogens with one attached hydrogen (secondary N) is 2. The normalized spacial score (nSPS) is 10.5. The number of amides is 1. The summed E-state index contributed by atoms with van der Waals surface area (Å²) in [5.41, 5.74) is 7.73. The quantitative estimate of drug-likeness (QED) is 0.588. The highest BCUT2D eigenvalue weighted by molar-refractivity contribution is 5.99. The molecule has 0 saturated heterocycles. The first-order chi connectivity index (χ1) is 9.93. The van der Waals surface area contributed by atoms with Crippen molar-refractivity contribution in [2.24, 2.45) is 12.9 Å². The molecule has 4 N–H and O–H groups in total. The van der Waals surface area contributed by atoms with Crippen molar-refractivity contribution >= 4 is 11.6 Å². The second kappa shape index (κ2) is 5.97. The average Bonchev–Trinajstić information content (AvgIpc) is 2.70. The second-order valence-electron chi connectivity index (χ2n) is 5.15. The summed E-state index contributed by atoms with van der Waals surface area (Å²) in [6.45, 7) is 6.31. The van der Waals surface area contributed by atoms with E-state index in [0.717, 1.165) is 22.5 Å². The van der Waals surface area contributed by atoms with E-state index in [0.29, 0.717) is 17.8 Å². The molecule has 1 amide bonds. The highest BCUT2D eigenvalue weighted by atomic mass is 16.1. The predicted molar refractivity (Wildman–Crippen MR) is 82.8 cm³/mol. The standard InChI is InChI=1S/C15H21N5O/c1-9-5-6-14(18-16)12(7-9)15(21)17-8-13-10(2)19-20(4)11(13)3/h5-7,18H,8,16H2,1-4H3,(H,17,21). The highest BCUT2D eigenvalue weighted by Gasteiger charge is 2.14. The van der Waals surface area contributed by atoms with Crippen LogP contribution in [-0.4, -0.2) is 15.7 Å². The Morgan fingerprint density at radius 2 is 2.05 bits per heavy atom. The zero-order valence-electron chi connectivity index (χ0n) is 12.8. The van der Waals surface area contributed by atoms with Crippen molar-refractivity contribution in [3.05, 3.63) is 46.3 Å². The van der Waals surface area contributed by atoms with Crippen LogP contribution in [0.5, 0.6) is 0 Å². The number of anilines is 1. The zero-order chi connectivity index (χ0) is 15.6. The molecule has 21 heavy (non-hydrogen) atoms. The number of hydrogen-bond donors (Lipinski definition) is 3. The van der Waals surface area contributed by atoms with E-state index in [2.05, 4.69) is 15.8 Å². The van der Waals surface area contributed by atoms with Crippen LogP contribution in [-0.2, 0) is 13.6 Å². The Balaban J connectivity index is 2.17. The summed E-state index contributed by atoms with van der Waals surface area (Å²) in [5.74, 6) is 5.30. The Bertz CT molecular complexity index is 675. The molecule has 6 heteroatoms. The van der Waals surface area contributed by atoms with Gasteiger partial charge in [0, 0.05) is 24.8 Å². The van der Waals surface area contributed by atoms with Crippen LogP contribution >= 0.6 is 0 Å². The molecule has 0 spiro atoms. The fourth-order valence-corrected chi connectivity index (χ4v) is 2.31. The lowest BCUT2D eigenvalue weighted by Gasteiger charge is -2.11. The number of hydrazine groups is 1. The number of nitrogens with two attached hydrogens (primary N) is 1. The molecular weight excluding hydrogens is 266 g/mol. The van der Waals surface area contributed by atoms with Crippen molar-refractivity contribution in [1.82, 2.24) is 15.1 Å². The van der Waals surface area contributed by atoms with Crippen LogP contribution in [0.15, 0.2) is 18.2 Å². The van der Waals surface area contributed by atoms with Gasteiger partial charge in [-0.25, -0.2) is 0 Å². The molecule has 0 atom stereocenters. The van der Waals surface area contributed by atoms with Crippen molar-refractivity contribution in [3.63, 3.8) is 0 Å². The summed E-state index contributed by atoms with van der Waals surface area (Å²) in [4.78, 5) is 12.3. The Kier molecular flexibility index (Phi) is 4.28. The van der Waals surface area contributed by atoms with E-state index in [-0.39, 0.29) is 5.91 Å². The first-order valence-electron chi connectivity index (χ1n) is 6.78. The zero-order valence-corrected chi connectivity index (χ0v) is 12.8. The van der Waals surface area contributed by atoms with E-state index in [9.17, 15) is 4.79 Å². The fourth-order valence-electron chi connectivity index (χ4n) is 2.31. The van der Waals surface area contributed by atoms with Crippen molar-refractivity contribution in [3.8, 4) is 0 Å². The molecule has 1 heterocycles. The molecule has 6 nitrogen and oxygen atoms in total. The number of benzene rings is 1. The molecule has 0 radical (unpaired) electrons. The molecular formula is C15H21N5O. The summed E-state index contributed by atoms with van der Waals surface area (Å²) >= 11 is 0. The van der Waals surface area contributed by atoms with Crippen LogP contribution in [0.3, 0.4) is 0 Å². The minimum Gasteiger partial charge on any atom is -0.348 e. The van der Waals surface area contributed by atoms with Gasteiger partial charge in [-0.3, -0.25) is 15.3 Å². The lowest BCUT2D eigenvalue weighted by Crippen LogP contribution is -2.25. The SMILES string of the molecule is Cc1ccc(NN)c(C(=O)NCc2c(C)nn(C)c2C)c1. The summed E-state index contributed by atoms with van der Waals surface area (Å²) in [6.07, 6.45) is 0. The van der Waals surface area contributed by atoms with Gasteiger partial charge >= 0.3 is 0 Å². The van der Waals surface area contributed by atoms with E-state index in [4.69, 9.17) is 5.84 Å². The summed E-state index contributed by atoms with van der Waals surface area (Å²) < 4.78 is 1.82. The number of aromatic nitrogens is 2. The number of nitrogen functional groups attached to an aromatic ring is 1. The molecule has 0 aliphatic rings. The third kappa shape index (κ3) is 3.05. The molecule has 0 aliphatic heterocycles. The van der Waals surface area contributed by atoms with E-state index in [1.807, 2.05) is 44.6 Å². The van der Waals surface area contributed by atoms with Crippen molar-refractivity contribution in [1.29, 1.82) is 0 Å². The maximum atomic E-state index is 12.3. The number of carbonyl (C=O) groups is 1. The Morgan fingerprint density at radius 1 is 1.33 bits per heavy atom. The van der Waals surface area contributed by atoms with Crippen LogP contribution in [0.1, 0.15) is 32.9 Å². The van der Waals surface area contributed by atoms with Crippen LogP contribution in [0.25, 0.3) is 0 Å². The molecule has 1 aromatic carbocycles. The van der Waals surface area contributed by atoms with Crippen molar-refractivity contribution in [2.75, 3.05) is 5.43 Å². The van der Waals surface area contributed by atoms with Crippen LogP contribution in [0, 0.1) is 20.8 Å². The fraction of sp³-hybridized carbons (Fsp3) is 0.333. The molecule has 0 saturated carbocycles. The third-order valence-electron chi connectivity index (χ3n) is 3.66. The van der Waals surface area contributed by atoms with Gasteiger partial charge < -0.3 is 10.7 Å². The maximum Gasteiger partial charge on any atom is 0.253 e. The topological polar surface area (TPSA) is 85.0 Å². The van der Waals surface area contributed by atoms with Crippen LogP contribution in [0.2, 0.25) is 0 Å². The Labute approximate surface area is 124 Å². The Hall–Kier alpha value is -2.34.